The van der Waals surface area contributed by atoms with Crippen LogP contribution in [-0.4, -0.2) is 69.9 Å². The monoisotopic (exact) mass is 775 g/mol. The van der Waals surface area contributed by atoms with E-state index in [1.54, 1.807) is 24.3 Å². The highest BCUT2D eigenvalue weighted by Crippen LogP contribution is 2.59. The van der Waals surface area contributed by atoms with Gasteiger partial charge in [-0.05, 0) is 110 Å². The Morgan fingerprint density at radius 2 is 1.77 bits per heavy atom. The lowest BCUT2D eigenvalue weighted by Crippen LogP contribution is -2.53. The molecule has 3 aliphatic rings. The number of nitrogens with zero attached hydrogens (tertiary/aromatic N) is 1. The fourth-order valence-corrected chi connectivity index (χ4v) is 8.58. The van der Waals surface area contributed by atoms with Crippen LogP contribution in [0.15, 0.2) is 107 Å². The van der Waals surface area contributed by atoms with Gasteiger partial charge in [0.2, 0.25) is 5.78 Å². The van der Waals surface area contributed by atoms with E-state index >= 15 is 0 Å². The van der Waals surface area contributed by atoms with Crippen LogP contribution in [0.3, 0.4) is 0 Å². The molecule has 1 heterocycles. The summed E-state index contributed by atoms with van der Waals surface area (Å²) in [6, 6.07) is 24.3. The number of carbonyl (C=O) groups excluding carboxylic acids is 1. The average Bonchev–Trinajstić information content (AvgIpc) is 3.78. The third-order valence-electron chi connectivity index (χ3n) is 11.6. The minimum absolute atomic E-state index is 0.0332. The smallest absolute Gasteiger partial charge is 0.461 e. The summed E-state index contributed by atoms with van der Waals surface area (Å²) >= 11 is 0. The minimum Gasteiger partial charge on any atom is -0.461 e. The summed E-state index contributed by atoms with van der Waals surface area (Å²) in [7, 11) is 0. The molecule has 4 aromatic rings. The van der Waals surface area contributed by atoms with Crippen LogP contribution in [0.25, 0.3) is 0 Å². The van der Waals surface area contributed by atoms with Gasteiger partial charge < -0.3 is 29.2 Å². The first kappa shape index (κ1) is 41.4. The van der Waals surface area contributed by atoms with E-state index in [1.807, 2.05) is 53.4 Å². The van der Waals surface area contributed by atoms with Gasteiger partial charge in [0.1, 0.15) is 5.75 Å². The summed E-state index contributed by atoms with van der Waals surface area (Å²) in [5, 5.41) is 35.2. The number of benzene rings is 3. The quantitative estimate of drug-likeness (QED) is 0.0916. The normalized spacial score (nSPS) is 23.7. The number of allylic oxidation sites excluding steroid dienone is 2. The van der Waals surface area contributed by atoms with Gasteiger partial charge in [-0.25, -0.2) is 0 Å². The molecule has 1 aromatic heterocycles. The second-order valence-electron chi connectivity index (χ2n) is 15.8. The molecule has 3 N–H and O–H groups in total. The molecule has 3 aliphatic carbocycles. The topological polar surface area (TPSA) is 113 Å². The Balaban J connectivity index is 1.32. The van der Waals surface area contributed by atoms with Crippen LogP contribution in [0.2, 0.25) is 0 Å². The maximum Gasteiger partial charge on any atom is 0.573 e. The van der Waals surface area contributed by atoms with Crippen molar-refractivity contribution in [2.75, 3.05) is 19.7 Å². The number of aliphatic hydroxyl groups excluding tert-OH is 2. The Bertz CT molecular complexity index is 1910. The zero-order valence-electron chi connectivity index (χ0n) is 32.0. The second-order valence-corrected chi connectivity index (χ2v) is 15.8. The van der Waals surface area contributed by atoms with Gasteiger partial charge in [-0.3, -0.25) is 9.69 Å². The van der Waals surface area contributed by atoms with Crippen LogP contribution in [0.1, 0.15) is 96.7 Å². The van der Waals surface area contributed by atoms with Crippen LogP contribution in [0, 0.1) is 5.41 Å². The van der Waals surface area contributed by atoms with Gasteiger partial charge in [0.05, 0.1) is 37.3 Å². The van der Waals surface area contributed by atoms with Crippen LogP contribution >= 0.6 is 0 Å². The molecule has 56 heavy (non-hydrogen) atoms. The maximum atomic E-state index is 14.1. The number of fused-ring (bicyclic) bond motifs is 8. The van der Waals surface area contributed by atoms with Crippen molar-refractivity contribution >= 4 is 5.78 Å². The Morgan fingerprint density at radius 1 is 1.00 bits per heavy atom. The van der Waals surface area contributed by atoms with Crippen molar-refractivity contribution in [2.45, 2.75) is 102 Å². The highest BCUT2D eigenvalue weighted by molar-refractivity contribution is 6.08. The van der Waals surface area contributed by atoms with Crippen molar-refractivity contribution in [3.8, 4) is 5.75 Å². The summed E-state index contributed by atoms with van der Waals surface area (Å²) < 4.78 is 54.3. The van der Waals surface area contributed by atoms with E-state index in [1.165, 1.54) is 18.4 Å². The van der Waals surface area contributed by atoms with E-state index in [0.717, 1.165) is 22.3 Å². The first-order valence-electron chi connectivity index (χ1n) is 19.4. The molecular formula is C45H52F3NO7. The predicted molar refractivity (Wildman–Crippen MR) is 206 cm³/mol. The van der Waals surface area contributed by atoms with E-state index in [4.69, 9.17) is 9.15 Å². The number of rotatable bonds is 13. The number of halogens is 3. The summed E-state index contributed by atoms with van der Waals surface area (Å²) in [6.07, 6.45) is 1.23. The highest BCUT2D eigenvalue weighted by atomic mass is 19.4. The largest absolute Gasteiger partial charge is 0.573 e. The molecule has 5 atom stereocenters. The molecule has 300 valence electrons. The molecule has 0 aliphatic heterocycles. The number of alkyl halides is 3. The Labute approximate surface area is 326 Å². The van der Waals surface area contributed by atoms with Crippen LogP contribution in [-0.2, 0) is 24.3 Å². The van der Waals surface area contributed by atoms with Gasteiger partial charge in [0.15, 0.2) is 5.76 Å². The number of aliphatic hydroxyl groups is 3. The average molecular weight is 776 g/mol. The summed E-state index contributed by atoms with van der Waals surface area (Å²) in [5.41, 5.74) is 2.86. The molecule has 7 rings (SSSR count). The lowest BCUT2D eigenvalue weighted by Gasteiger charge is -2.46. The number of hydrogen-bond acceptors (Lipinski definition) is 8. The van der Waals surface area contributed by atoms with Gasteiger partial charge in [-0.15, -0.1) is 13.2 Å². The third kappa shape index (κ3) is 10.4. The minimum atomic E-state index is -4.82. The number of furan rings is 1. The summed E-state index contributed by atoms with van der Waals surface area (Å²) in [5.74, 6) is -0.632. The van der Waals surface area contributed by atoms with Crippen molar-refractivity contribution in [1.82, 2.24) is 4.90 Å². The van der Waals surface area contributed by atoms with Crippen molar-refractivity contribution in [1.29, 1.82) is 0 Å². The van der Waals surface area contributed by atoms with Crippen molar-refractivity contribution in [3.63, 3.8) is 0 Å². The van der Waals surface area contributed by atoms with Gasteiger partial charge in [-0.2, -0.15) is 0 Å². The SMILES string of the molecule is CC1=CCCC2(C)C(CCC2(O)CN(Cc2ccc(OC(F)(F)F)cc2)CC(O)COCc2ccccc2)c2ccc(cc2C(=O)c2ccco2)CC(O)CC1. The Kier molecular flexibility index (Phi) is 13.2. The Morgan fingerprint density at radius 3 is 2.48 bits per heavy atom. The predicted octanol–water partition coefficient (Wildman–Crippen LogP) is 8.53. The molecule has 0 saturated heterocycles. The molecule has 1 saturated carbocycles. The molecule has 0 radical (unpaired) electrons. The van der Waals surface area contributed by atoms with Crippen LogP contribution < -0.4 is 4.74 Å². The van der Waals surface area contributed by atoms with Crippen molar-refractivity contribution < 1.29 is 47.2 Å². The van der Waals surface area contributed by atoms with Crippen LogP contribution in [0.5, 0.6) is 5.75 Å². The van der Waals surface area contributed by atoms with E-state index in [-0.39, 0.29) is 49.5 Å². The molecule has 11 heteroatoms. The van der Waals surface area contributed by atoms with Gasteiger partial charge in [0.25, 0.3) is 0 Å². The maximum absolute atomic E-state index is 14.1. The fourth-order valence-electron chi connectivity index (χ4n) is 8.58. The zero-order chi connectivity index (χ0) is 39.9. The molecule has 8 nitrogen and oxygen atoms in total. The van der Waals surface area contributed by atoms with Crippen molar-refractivity contribution in [3.05, 3.63) is 136 Å². The fraction of sp³-hybridized carbons (Fsp3) is 0.444. The first-order chi connectivity index (χ1) is 26.7. The van der Waals surface area contributed by atoms with E-state index in [0.29, 0.717) is 62.7 Å². The van der Waals surface area contributed by atoms with Crippen LogP contribution in [0.4, 0.5) is 13.2 Å². The third-order valence-corrected chi connectivity index (χ3v) is 11.6. The molecular weight excluding hydrogens is 723 g/mol. The lowest BCUT2D eigenvalue weighted by atomic mass is 9.64. The molecule has 3 aromatic carbocycles. The lowest BCUT2D eigenvalue weighted by molar-refractivity contribution is -0.274. The van der Waals surface area contributed by atoms with Gasteiger partial charge in [0, 0.05) is 30.6 Å². The number of carbonyl (C=O) groups is 1. The second kappa shape index (κ2) is 17.9. The van der Waals surface area contributed by atoms with E-state index in [2.05, 4.69) is 24.7 Å². The van der Waals surface area contributed by atoms with E-state index in [9.17, 15) is 33.3 Å². The first-order valence-corrected chi connectivity index (χ1v) is 19.4. The molecule has 2 bridgehead atoms. The van der Waals surface area contributed by atoms with Crippen molar-refractivity contribution in [2.24, 2.45) is 5.41 Å². The van der Waals surface area contributed by atoms with Gasteiger partial charge in [-0.1, -0.05) is 73.2 Å². The highest BCUT2D eigenvalue weighted by Gasteiger charge is 2.57. The summed E-state index contributed by atoms with van der Waals surface area (Å²) in [4.78, 5) is 16.0. The molecule has 0 amide bonds. The number of hydrogen-bond donors (Lipinski definition) is 3. The standard InChI is InChI=1S/C45H52F3NO7/c1-31-8-6-21-43(2)40(38-19-15-34(24-35(50)16-12-31)25-39(38)42(52)41-11-7-23-55-41)20-22-44(43,53)30-49(26-32-13-17-37(18-14-32)56-45(46,47)48)27-36(51)29-54-28-33-9-4-3-5-10-33/h3-5,7-11,13-15,17-19,23,25,35-36,40,50-51,53H,6,12,16,20-22,24,26-30H2,1-2H3. The molecule has 1 fully saturated rings. The number of ether oxygens (including phenoxy) is 2. The summed E-state index contributed by atoms with van der Waals surface area (Å²) in [6.45, 7) is 4.98. The van der Waals surface area contributed by atoms with E-state index < -0.39 is 29.6 Å². The zero-order valence-corrected chi connectivity index (χ0v) is 32.0. The van der Waals surface area contributed by atoms with Gasteiger partial charge >= 0.3 is 6.36 Å². The molecule has 5 unspecified atom stereocenters. The Hall–Kier alpha value is -4.26. The molecule has 0 spiro atoms. The number of ketones is 1.